The molecule has 0 bridgehead atoms. The molecule has 0 amide bonds. The molecule has 0 radical (unpaired) electrons. The average molecular weight is 305 g/mol. The highest BCUT2D eigenvalue weighted by Crippen LogP contribution is 2.35. The molecule has 1 saturated carbocycles. The number of ether oxygens (including phenoxy) is 3. The molecule has 5 heteroatoms. The molecule has 0 aromatic heterocycles. The van der Waals surface area contributed by atoms with E-state index in [2.05, 4.69) is 0 Å². The summed E-state index contributed by atoms with van der Waals surface area (Å²) in [6.45, 7) is 3.07. The van der Waals surface area contributed by atoms with E-state index < -0.39 is 0 Å². The average Bonchev–Trinajstić information content (AvgIpc) is 2.38. The smallest absolute Gasteiger partial charge is 0.138 e. The molecule has 1 fully saturated rings. The fourth-order valence-corrected chi connectivity index (χ4v) is 2.56. The molecule has 19 heavy (non-hydrogen) atoms. The number of rotatable bonds is 6. The van der Waals surface area contributed by atoms with E-state index in [1.165, 1.54) is 0 Å². The minimum Gasteiger partial charge on any atom is -0.486 e. The molecule has 3 nitrogen and oxygen atoms in total. The monoisotopic (exact) mass is 304 g/mol. The van der Waals surface area contributed by atoms with E-state index in [9.17, 15) is 0 Å². The molecule has 1 aliphatic rings. The van der Waals surface area contributed by atoms with Crippen molar-refractivity contribution in [1.82, 2.24) is 0 Å². The van der Waals surface area contributed by atoms with E-state index in [0.29, 0.717) is 24.0 Å². The molecule has 2 rings (SSSR count). The van der Waals surface area contributed by atoms with Crippen LogP contribution in [0.1, 0.15) is 12.0 Å². The van der Waals surface area contributed by atoms with Gasteiger partial charge in [-0.05, 0) is 24.6 Å². The van der Waals surface area contributed by atoms with Gasteiger partial charge < -0.3 is 14.2 Å². The zero-order valence-corrected chi connectivity index (χ0v) is 12.6. The molecule has 3 unspecified atom stereocenters. The Morgan fingerprint density at radius 1 is 1.32 bits per heavy atom. The lowest BCUT2D eigenvalue weighted by Gasteiger charge is -2.40. The van der Waals surface area contributed by atoms with E-state index in [4.69, 9.17) is 37.4 Å². The highest BCUT2D eigenvalue weighted by Gasteiger charge is 2.43. The van der Waals surface area contributed by atoms with Gasteiger partial charge in [0.1, 0.15) is 18.0 Å². The summed E-state index contributed by atoms with van der Waals surface area (Å²) in [5.74, 6) is 0.690. The van der Waals surface area contributed by atoms with Crippen molar-refractivity contribution in [1.29, 1.82) is 0 Å². The highest BCUT2D eigenvalue weighted by atomic mass is 35.5. The summed E-state index contributed by atoms with van der Waals surface area (Å²) in [6.07, 6.45) is 0.621. The van der Waals surface area contributed by atoms with Crippen molar-refractivity contribution < 1.29 is 14.2 Å². The van der Waals surface area contributed by atoms with Gasteiger partial charge >= 0.3 is 0 Å². The first kappa shape index (κ1) is 14.9. The van der Waals surface area contributed by atoms with E-state index in [0.717, 1.165) is 12.0 Å². The SMILES string of the molecule is COCCOC1C(Cl)CC1Oc1cc(C)ccc1Cl. The third-order valence-corrected chi connectivity index (χ3v) is 3.88. The zero-order chi connectivity index (χ0) is 13.8. The minimum atomic E-state index is -0.103. The summed E-state index contributed by atoms with van der Waals surface area (Å²) in [5.41, 5.74) is 1.11. The van der Waals surface area contributed by atoms with Gasteiger partial charge in [-0.1, -0.05) is 17.7 Å². The Bertz CT molecular complexity index is 425. The first-order valence-corrected chi connectivity index (χ1v) is 7.10. The number of alkyl halides is 1. The van der Waals surface area contributed by atoms with Crippen molar-refractivity contribution in [3.8, 4) is 5.75 Å². The molecule has 1 aromatic carbocycles. The lowest BCUT2D eigenvalue weighted by Crippen LogP contribution is -2.53. The number of benzene rings is 1. The minimum absolute atomic E-state index is 0.00885. The van der Waals surface area contributed by atoms with Crippen molar-refractivity contribution in [2.24, 2.45) is 0 Å². The standard InChI is InChI=1S/C14H18Cl2O3/c1-9-3-4-10(15)12(7-9)19-13-8-11(16)14(13)18-6-5-17-2/h3-4,7,11,13-14H,5-6,8H2,1-2H3. The summed E-state index contributed by atoms with van der Waals surface area (Å²) < 4.78 is 16.5. The van der Waals surface area contributed by atoms with Crippen molar-refractivity contribution in [3.63, 3.8) is 0 Å². The normalized spacial score (nSPS) is 26.0. The molecule has 0 saturated heterocycles. The lowest BCUT2D eigenvalue weighted by atomic mass is 9.91. The van der Waals surface area contributed by atoms with Gasteiger partial charge in [-0.15, -0.1) is 11.6 Å². The second kappa shape index (κ2) is 6.80. The van der Waals surface area contributed by atoms with Crippen LogP contribution < -0.4 is 4.74 Å². The van der Waals surface area contributed by atoms with Crippen molar-refractivity contribution in [2.45, 2.75) is 30.9 Å². The summed E-state index contributed by atoms with van der Waals surface area (Å²) in [6, 6.07) is 5.72. The maximum Gasteiger partial charge on any atom is 0.138 e. The van der Waals surface area contributed by atoms with Gasteiger partial charge in [-0.25, -0.2) is 0 Å². The summed E-state index contributed by atoms with van der Waals surface area (Å²) in [7, 11) is 1.64. The highest BCUT2D eigenvalue weighted by molar-refractivity contribution is 6.32. The Hall–Kier alpha value is -0.480. The van der Waals surface area contributed by atoms with E-state index >= 15 is 0 Å². The topological polar surface area (TPSA) is 27.7 Å². The van der Waals surface area contributed by atoms with Crippen LogP contribution in [-0.2, 0) is 9.47 Å². The molecule has 0 aliphatic heterocycles. The predicted molar refractivity (Wildman–Crippen MR) is 76.5 cm³/mol. The van der Waals surface area contributed by atoms with Crippen molar-refractivity contribution in [3.05, 3.63) is 28.8 Å². The molecule has 106 valence electrons. The van der Waals surface area contributed by atoms with Crippen LogP contribution in [0.25, 0.3) is 0 Å². The Morgan fingerprint density at radius 2 is 2.11 bits per heavy atom. The zero-order valence-electron chi connectivity index (χ0n) is 11.1. The fraction of sp³-hybridized carbons (Fsp3) is 0.571. The number of halogens is 2. The number of methoxy groups -OCH3 is 1. The molecular formula is C14H18Cl2O3. The second-order valence-electron chi connectivity index (χ2n) is 4.67. The molecule has 0 spiro atoms. The molecular weight excluding hydrogens is 287 g/mol. The Kier molecular flexibility index (Phi) is 5.34. The first-order valence-electron chi connectivity index (χ1n) is 6.29. The lowest BCUT2D eigenvalue weighted by molar-refractivity contribution is -0.0898. The summed E-state index contributed by atoms with van der Waals surface area (Å²) >= 11 is 12.3. The summed E-state index contributed by atoms with van der Waals surface area (Å²) in [4.78, 5) is 0. The Labute approximate surface area is 123 Å². The van der Waals surface area contributed by atoms with Gasteiger partial charge in [0.15, 0.2) is 0 Å². The van der Waals surface area contributed by atoms with Gasteiger partial charge in [-0.2, -0.15) is 0 Å². The fourth-order valence-electron chi connectivity index (χ4n) is 1.99. The number of hydrogen-bond donors (Lipinski definition) is 0. The maximum absolute atomic E-state index is 6.15. The van der Waals surface area contributed by atoms with Crippen molar-refractivity contribution in [2.75, 3.05) is 20.3 Å². The summed E-state index contributed by atoms with van der Waals surface area (Å²) in [5, 5.41) is 0.602. The van der Waals surface area contributed by atoms with Crippen LogP contribution in [0.2, 0.25) is 5.02 Å². The van der Waals surface area contributed by atoms with Gasteiger partial charge in [0.05, 0.1) is 23.6 Å². The van der Waals surface area contributed by atoms with Crippen LogP contribution in [-0.4, -0.2) is 37.9 Å². The quantitative estimate of drug-likeness (QED) is 0.595. The molecule has 3 atom stereocenters. The molecule has 1 aromatic rings. The largest absolute Gasteiger partial charge is 0.486 e. The molecule has 1 aliphatic carbocycles. The first-order chi connectivity index (χ1) is 9.11. The van der Waals surface area contributed by atoms with Crippen molar-refractivity contribution >= 4 is 23.2 Å². The molecule has 0 N–H and O–H groups in total. The van der Waals surface area contributed by atoms with Crippen LogP contribution in [0.3, 0.4) is 0 Å². The van der Waals surface area contributed by atoms with E-state index in [-0.39, 0.29) is 17.6 Å². The third-order valence-electron chi connectivity index (χ3n) is 3.14. The molecule has 0 heterocycles. The van der Waals surface area contributed by atoms with Crippen LogP contribution in [0.4, 0.5) is 0 Å². The van der Waals surface area contributed by atoms with Crippen LogP contribution in [0, 0.1) is 6.92 Å². The number of hydrogen-bond acceptors (Lipinski definition) is 3. The van der Waals surface area contributed by atoms with Crippen LogP contribution in [0.5, 0.6) is 5.75 Å². The number of aryl methyl sites for hydroxylation is 1. The van der Waals surface area contributed by atoms with Crippen LogP contribution in [0.15, 0.2) is 18.2 Å². The van der Waals surface area contributed by atoms with Gasteiger partial charge in [0.25, 0.3) is 0 Å². The second-order valence-corrected chi connectivity index (χ2v) is 5.64. The van der Waals surface area contributed by atoms with E-state index in [1.54, 1.807) is 7.11 Å². The van der Waals surface area contributed by atoms with Crippen LogP contribution >= 0.6 is 23.2 Å². The predicted octanol–water partition coefficient (Wildman–Crippen LogP) is 3.44. The third kappa shape index (κ3) is 3.76. The maximum atomic E-state index is 6.15. The Balaban J connectivity index is 1.93. The van der Waals surface area contributed by atoms with E-state index in [1.807, 2.05) is 25.1 Å². The van der Waals surface area contributed by atoms with Gasteiger partial charge in [0, 0.05) is 13.5 Å². The Morgan fingerprint density at radius 3 is 2.79 bits per heavy atom. The van der Waals surface area contributed by atoms with Gasteiger partial charge in [-0.3, -0.25) is 0 Å². The van der Waals surface area contributed by atoms with Gasteiger partial charge in [0.2, 0.25) is 0 Å².